The maximum Gasteiger partial charge on any atom is 0.393 e. The third kappa shape index (κ3) is 4.65. The number of benzene rings is 1. The zero-order chi connectivity index (χ0) is 17.2. The fourth-order valence-corrected chi connectivity index (χ4v) is 2.79. The van der Waals surface area contributed by atoms with Crippen molar-refractivity contribution >= 4 is 0 Å². The van der Waals surface area contributed by atoms with Gasteiger partial charge in [0.25, 0.3) is 0 Å². The van der Waals surface area contributed by atoms with Crippen molar-refractivity contribution in [2.24, 2.45) is 0 Å². The molecule has 1 heterocycles. The third-order valence-electron chi connectivity index (χ3n) is 4.03. The Kier molecular flexibility index (Phi) is 5.64. The summed E-state index contributed by atoms with van der Waals surface area (Å²) >= 11 is 0. The van der Waals surface area contributed by atoms with E-state index in [2.05, 4.69) is 0 Å². The first kappa shape index (κ1) is 18.2. The molecule has 23 heavy (non-hydrogen) atoms. The van der Waals surface area contributed by atoms with Crippen LogP contribution in [0.3, 0.4) is 0 Å². The first-order chi connectivity index (χ1) is 10.7. The SMILES string of the molecule is OC[C@@H]1[C@@H](O)[C@H](O)[C@@H](O)CN1Cc1ccc(CC(F)(F)F)cc1. The van der Waals surface area contributed by atoms with E-state index in [0.717, 1.165) is 0 Å². The summed E-state index contributed by atoms with van der Waals surface area (Å²) in [6, 6.07) is 5.09. The van der Waals surface area contributed by atoms with Crippen molar-refractivity contribution in [1.82, 2.24) is 4.90 Å². The molecule has 0 saturated carbocycles. The normalized spacial score (nSPS) is 29.7. The van der Waals surface area contributed by atoms with Gasteiger partial charge in [0.15, 0.2) is 0 Å². The van der Waals surface area contributed by atoms with Crippen LogP contribution in [0.25, 0.3) is 0 Å². The maximum absolute atomic E-state index is 12.3. The van der Waals surface area contributed by atoms with Crippen LogP contribution in [0.1, 0.15) is 11.1 Å². The molecule has 2 rings (SSSR count). The monoisotopic (exact) mass is 335 g/mol. The number of nitrogens with zero attached hydrogens (tertiary/aromatic N) is 1. The number of halogens is 3. The minimum atomic E-state index is -4.26. The van der Waals surface area contributed by atoms with Crippen LogP contribution in [0.2, 0.25) is 0 Å². The number of hydrogen-bond donors (Lipinski definition) is 4. The van der Waals surface area contributed by atoms with Crippen LogP contribution < -0.4 is 0 Å². The predicted octanol–water partition coefficient (Wildman–Crippen LogP) is 0.0506. The van der Waals surface area contributed by atoms with Crippen molar-refractivity contribution < 1.29 is 33.6 Å². The Morgan fingerprint density at radius 3 is 2.09 bits per heavy atom. The molecular formula is C15H20F3NO4. The Bertz CT molecular complexity index is 508. The number of aliphatic hydroxyl groups is 4. The molecule has 4 atom stereocenters. The van der Waals surface area contributed by atoms with Gasteiger partial charge in [-0.25, -0.2) is 0 Å². The maximum atomic E-state index is 12.3. The van der Waals surface area contributed by atoms with E-state index < -0.39 is 43.6 Å². The third-order valence-corrected chi connectivity index (χ3v) is 4.03. The number of alkyl halides is 3. The summed E-state index contributed by atoms with van der Waals surface area (Å²) in [4.78, 5) is 1.60. The van der Waals surface area contributed by atoms with Crippen LogP contribution in [0.4, 0.5) is 13.2 Å². The second kappa shape index (κ2) is 7.14. The largest absolute Gasteiger partial charge is 0.395 e. The molecule has 1 aliphatic heterocycles. The predicted molar refractivity (Wildman–Crippen MR) is 75.5 cm³/mol. The number of aliphatic hydroxyl groups excluding tert-OH is 4. The molecule has 130 valence electrons. The second-order valence-electron chi connectivity index (χ2n) is 5.84. The molecule has 0 spiro atoms. The van der Waals surface area contributed by atoms with Crippen LogP contribution in [-0.2, 0) is 13.0 Å². The van der Waals surface area contributed by atoms with Crippen molar-refractivity contribution in [1.29, 1.82) is 0 Å². The Morgan fingerprint density at radius 2 is 1.57 bits per heavy atom. The molecule has 1 aliphatic rings. The number of piperidine rings is 1. The van der Waals surface area contributed by atoms with E-state index in [1.807, 2.05) is 0 Å². The van der Waals surface area contributed by atoms with Gasteiger partial charge in [0, 0.05) is 13.1 Å². The highest BCUT2D eigenvalue weighted by molar-refractivity contribution is 5.23. The van der Waals surface area contributed by atoms with E-state index in [-0.39, 0.29) is 18.7 Å². The molecule has 1 saturated heterocycles. The molecule has 0 radical (unpaired) electrons. The fourth-order valence-electron chi connectivity index (χ4n) is 2.79. The summed E-state index contributed by atoms with van der Waals surface area (Å²) in [5.41, 5.74) is 0.833. The van der Waals surface area contributed by atoms with Crippen molar-refractivity contribution in [3.8, 4) is 0 Å². The Balaban J connectivity index is 2.05. The quantitative estimate of drug-likeness (QED) is 0.625. The molecule has 1 aromatic rings. The van der Waals surface area contributed by atoms with Gasteiger partial charge in [-0.05, 0) is 11.1 Å². The summed E-state index contributed by atoms with van der Waals surface area (Å²) in [6.07, 6.45) is -9.05. The van der Waals surface area contributed by atoms with Gasteiger partial charge >= 0.3 is 6.18 Å². The van der Waals surface area contributed by atoms with E-state index in [4.69, 9.17) is 0 Å². The highest BCUT2D eigenvalue weighted by Crippen LogP contribution is 2.23. The minimum absolute atomic E-state index is 0.0494. The number of hydrogen-bond acceptors (Lipinski definition) is 5. The van der Waals surface area contributed by atoms with E-state index in [0.29, 0.717) is 5.56 Å². The number of rotatable bonds is 4. The van der Waals surface area contributed by atoms with Gasteiger partial charge in [0.2, 0.25) is 0 Å². The lowest BCUT2D eigenvalue weighted by atomic mass is 9.93. The minimum Gasteiger partial charge on any atom is -0.395 e. The van der Waals surface area contributed by atoms with Gasteiger partial charge in [-0.3, -0.25) is 4.90 Å². The molecule has 4 N–H and O–H groups in total. The van der Waals surface area contributed by atoms with Crippen LogP contribution in [0.5, 0.6) is 0 Å². The Hall–Kier alpha value is -1.19. The van der Waals surface area contributed by atoms with E-state index in [9.17, 15) is 33.6 Å². The molecule has 0 aliphatic carbocycles. The summed E-state index contributed by atoms with van der Waals surface area (Å²) in [5, 5.41) is 38.6. The summed E-state index contributed by atoms with van der Waals surface area (Å²) in [6.45, 7) is -0.122. The molecule has 0 aromatic heterocycles. The molecule has 1 aromatic carbocycles. The van der Waals surface area contributed by atoms with Crippen LogP contribution in [0, 0.1) is 0 Å². The molecule has 1 fully saturated rings. The van der Waals surface area contributed by atoms with E-state index >= 15 is 0 Å². The lowest BCUT2D eigenvalue weighted by Gasteiger charge is -2.43. The average Bonchev–Trinajstić information content (AvgIpc) is 2.46. The average molecular weight is 335 g/mol. The Morgan fingerprint density at radius 1 is 1.00 bits per heavy atom. The highest BCUT2D eigenvalue weighted by atomic mass is 19.4. The molecule has 0 amide bonds. The van der Waals surface area contributed by atoms with Crippen LogP contribution in [0.15, 0.2) is 24.3 Å². The number of likely N-dealkylation sites (tertiary alicyclic amines) is 1. The van der Waals surface area contributed by atoms with E-state index in [1.54, 1.807) is 17.0 Å². The van der Waals surface area contributed by atoms with Crippen LogP contribution in [-0.4, -0.2) is 69.0 Å². The topological polar surface area (TPSA) is 84.2 Å². The molecule has 5 nitrogen and oxygen atoms in total. The van der Waals surface area contributed by atoms with Gasteiger partial charge in [-0.15, -0.1) is 0 Å². The first-order valence-corrected chi connectivity index (χ1v) is 7.25. The summed E-state index contributed by atoms with van der Waals surface area (Å²) in [7, 11) is 0. The lowest BCUT2D eigenvalue weighted by Crippen LogP contribution is -2.62. The zero-order valence-electron chi connectivity index (χ0n) is 12.3. The van der Waals surface area contributed by atoms with Crippen LogP contribution >= 0.6 is 0 Å². The van der Waals surface area contributed by atoms with E-state index in [1.165, 1.54) is 12.1 Å². The lowest BCUT2D eigenvalue weighted by molar-refractivity contribution is -0.147. The Labute approximate surface area is 131 Å². The van der Waals surface area contributed by atoms with Crippen molar-refractivity contribution in [3.63, 3.8) is 0 Å². The smallest absolute Gasteiger partial charge is 0.393 e. The fraction of sp³-hybridized carbons (Fsp3) is 0.600. The molecular weight excluding hydrogens is 315 g/mol. The summed E-state index contributed by atoms with van der Waals surface area (Å²) < 4.78 is 37.0. The summed E-state index contributed by atoms with van der Waals surface area (Å²) in [5.74, 6) is 0. The zero-order valence-corrected chi connectivity index (χ0v) is 12.3. The molecule has 0 bridgehead atoms. The van der Waals surface area contributed by atoms with Gasteiger partial charge in [0.1, 0.15) is 12.2 Å². The molecule has 0 unspecified atom stereocenters. The van der Waals surface area contributed by atoms with Gasteiger partial charge in [-0.1, -0.05) is 24.3 Å². The van der Waals surface area contributed by atoms with Crippen molar-refractivity contribution in [3.05, 3.63) is 35.4 Å². The van der Waals surface area contributed by atoms with Gasteiger partial charge in [-0.2, -0.15) is 13.2 Å². The van der Waals surface area contributed by atoms with Crippen molar-refractivity contribution in [2.45, 2.75) is 43.5 Å². The first-order valence-electron chi connectivity index (χ1n) is 7.25. The highest BCUT2D eigenvalue weighted by Gasteiger charge is 2.40. The molecule has 8 heteroatoms. The number of β-amino-alcohol motifs (C(OH)–C–C–N with tert-alkyl or cyclic N) is 1. The van der Waals surface area contributed by atoms with Gasteiger partial charge < -0.3 is 20.4 Å². The van der Waals surface area contributed by atoms with Gasteiger partial charge in [0.05, 0.1) is 25.2 Å². The second-order valence-corrected chi connectivity index (χ2v) is 5.84. The van der Waals surface area contributed by atoms with Crippen molar-refractivity contribution in [2.75, 3.05) is 13.2 Å². The standard InChI is InChI=1S/C15H20F3NO4/c16-15(17,18)5-9-1-3-10(4-2-9)6-19-7-12(21)14(23)13(22)11(19)8-20/h1-4,11-14,20-23H,5-8H2/t11-,12+,13-,14-/m1/s1.